The van der Waals surface area contributed by atoms with Crippen molar-refractivity contribution in [2.24, 2.45) is 0 Å². The van der Waals surface area contributed by atoms with Crippen LogP contribution >= 0.6 is 0 Å². The Balaban J connectivity index is 2.71. The van der Waals surface area contributed by atoms with Crippen LogP contribution in [0.15, 0.2) is 18.3 Å². The molecule has 0 aliphatic rings. The monoisotopic (exact) mass is 279 g/mol. The molecule has 0 fully saturated rings. The van der Waals surface area contributed by atoms with E-state index in [1.807, 2.05) is 0 Å². The molecule has 0 aliphatic heterocycles. The minimum Gasteiger partial charge on any atom is -0.464 e. The topological polar surface area (TPSA) is 74.6 Å². The zero-order valence-corrected chi connectivity index (χ0v) is 9.56. The van der Waals surface area contributed by atoms with Crippen LogP contribution in [0.4, 0.5) is 13.2 Å². The van der Waals surface area contributed by atoms with Gasteiger partial charge in [0.05, 0.1) is 7.11 Å². The molecule has 0 spiro atoms. The molecule has 0 unspecified atom stereocenters. The Hall–Kier alpha value is -2.32. The van der Waals surface area contributed by atoms with E-state index < -0.39 is 30.6 Å². The maximum atomic E-state index is 11.8. The summed E-state index contributed by atoms with van der Waals surface area (Å²) in [5, 5.41) is 0. The van der Waals surface area contributed by atoms with Gasteiger partial charge >= 0.3 is 24.1 Å². The number of alkyl halides is 3. The minimum absolute atomic E-state index is 0.0566. The molecule has 0 radical (unpaired) electrons. The molecule has 0 bridgehead atoms. The second-order valence-electron chi connectivity index (χ2n) is 3.27. The predicted molar refractivity (Wildman–Crippen MR) is 52.9 cm³/mol. The molecule has 0 aromatic carbocycles. The first-order valence-electron chi connectivity index (χ1n) is 4.81. The Morgan fingerprint density at radius 3 is 2.47 bits per heavy atom. The van der Waals surface area contributed by atoms with Gasteiger partial charge in [0.1, 0.15) is 12.2 Å². The molecular weight excluding hydrogens is 271 g/mol. The third kappa shape index (κ3) is 3.83. The summed E-state index contributed by atoms with van der Waals surface area (Å²) in [6.45, 7) is -0.723. The van der Waals surface area contributed by atoms with Crippen LogP contribution in [-0.2, 0) is 25.6 Å². The van der Waals surface area contributed by atoms with Crippen LogP contribution < -0.4 is 0 Å². The first-order chi connectivity index (χ1) is 8.75. The number of aromatic nitrogens is 1. The zero-order valence-electron chi connectivity index (χ0n) is 9.56. The molecule has 0 N–H and O–H groups in total. The number of halogens is 3. The van der Waals surface area contributed by atoms with Crippen molar-refractivity contribution in [2.75, 3.05) is 7.11 Å². The summed E-state index contributed by atoms with van der Waals surface area (Å²) < 4.78 is 44.5. The normalized spacial score (nSPS) is 10.9. The lowest BCUT2D eigenvalue weighted by molar-refractivity contribution is -0.202. The third-order valence-corrected chi connectivity index (χ3v) is 1.96. The smallest absolute Gasteiger partial charge is 0.464 e. The molecule has 0 amide bonds. The Labute approximate surface area is 104 Å². The molecule has 0 saturated carbocycles. The van der Waals surface area contributed by atoms with E-state index in [1.165, 1.54) is 18.3 Å². The summed E-state index contributed by atoms with van der Waals surface area (Å²) in [7, 11) is 1.10. The van der Waals surface area contributed by atoms with Gasteiger partial charge in [-0.2, -0.15) is 13.2 Å². The lowest BCUT2D eigenvalue weighted by Crippen LogP contribution is -2.29. The lowest BCUT2D eigenvalue weighted by Gasteiger charge is -2.08. The number of esters is 3. The Morgan fingerprint density at radius 2 is 1.95 bits per heavy atom. The Morgan fingerprint density at radius 1 is 1.32 bits per heavy atom. The van der Waals surface area contributed by atoms with E-state index in [0.717, 1.165) is 11.7 Å². The SMILES string of the molecule is COC(=O)c1cccn1CC(=O)OC(=O)C(F)(F)F. The number of nitrogens with zero attached hydrogens (tertiary/aromatic N) is 1. The number of carbonyl (C=O) groups is 3. The van der Waals surface area contributed by atoms with Crippen molar-refractivity contribution in [3.63, 3.8) is 0 Å². The van der Waals surface area contributed by atoms with Crippen LogP contribution in [-0.4, -0.2) is 35.8 Å². The van der Waals surface area contributed by atoms with Gasteiger partial charge in [-0.15, -0.1) is 0 Å². The highest BCUT2D eigenvalue weighted by Crippen LogP contribution is 2.16. The molecule has 1 rings (SSSR count). The second-order valence-corrected chi connectivity index (χ2v) is 3.27. The zero-order chi connectivity index (χ0) is 14.6. The van der Waals surface area contributed by atoms with Crippen molar-refractivity contribution in [3.05, 3.63) is 24.0 Å². The largest absolute Gasteiger partial charge is 0.491 e. The number of carbonyl (C=O) groups excluding carboxylic acids is 3. The summed E-state index contributed by atoms with van der Waals surface area (Å²) in [5.41, 5.74) is -0.0566. The van der Waals surface area contributed by atoms with Gasteiger partial charge in [0.25, 0.3) is 0 Å². The fourth-order valence-corrected chi connectivity index (χ4v) is 1.17. The molecule has 104 valence electrons. The molecular formula is C10H8F3NO5. The van der Waals surface area contributed by atoms with Crippen LogP contribution in [0.3, 0.4) is 0 Å². The fraction of sp³-hybridized carbons (Fsp3) is 0.300. The van der Waals surface area contributed by atoms with Crippen molar-refractivity contribution in [3.8, 4) is 0 Å². The average molecular weight is 279 g/mol. The molecule has 1 heterocycles. The molecule has 0 aliphatic carbocycles. The van der Waals surface area contributed by atoms with E-state index in [4.69, 9.17) is 0 Å². The molecule has 6 nitrogen and oxygen atoms in total. The van der Waals surface area contributed by atoms with Crippen molar-refractivity contribution >= 4 is 17.9 Å². The van der Waals surface area contributed by atoms with Gasteiger partial charge in [-0.25, -0.2) is 14.4 Å². The first kappa shape index (κ1) is 14.7. The lowest BCUT2D eigenvalue weighted by atomic mass is 10.4. The standard InChI is InChI=1S/C10H8F3NO5/c1-18-8(16)6-3-2-4-14(6)5-7(15)19-9(17)10(11,12)13/h2-4H,5H2,1H3. The highest BCUT2D eigenvalue weighted by molar-refractivity contribution is 5.90. The van der Waals surface area contributed by atoms with Crippen molar-refractivity contribution < 1.29 is 37.0 Å². The quantitative estimate of drug-likeness (QED) is 0.607. The summed E-state index contributed by atoms with van der Waals surface area (Å²) >= 11 is 0. The van der Waals surface area contributed by atoms with Crippen molar-refractivity contribution in [1.29, 1.82) is 0 Å². The average Bonchev–Trinajstić information content (AvgIpc) is 2.74. The maximum absolute atomic E-state index is 11.8. The number of hydrogen-bond acceptors (Lipinski definition) is 5. The van der Waals surface area contributed by atoms with Crippen LogP contribution in [0.2, 0.25) is 0 Å². The van der Waals surface area contributed by atoms with Gasteiger partial charge in [-0.1, -0.05) is 0 Å². The third-order valence-electron chi connectivity index (χ3n) is 1.96. The van der Waals surface area contributed by atoms with Crippen molar-refractivity contribution in [1.82, 2.24) is 4.57 Å². The number of rotatable bonds is 3. The molecule has 1 aromatic heterocycles. The van der Waals surface area contributed by atoms with Crippen LogP contribution in [0, 0.1) is 0 Å². The first-order valence-corrected chi connectivity index (χ1v) is 4.81. The summed E-state index contributed by atoms with van der Waals surface area (Å²) in [6, 6.07) is 2.68. The van der Waals surface area contributed by atoms with Crippen molar-refractivity contribution in [2.45, 2.75) is 12.7 Å². The maximum Gasteiger partial charge on any atom is 0.491 e. The van der Waals surface area contributed by atoms with E-state index in [0.29, 0.717) is 0 Å². The second kappa shape index (κ2) is 5.55. The fourth-order valence-electron chi connectivity index (χ4n) is 1.17. The van der Waals surface area contributed by atoms with Gasteiger partial charge in [0.15, 0.2) is 0 Å². The van der Waals surface area contributed by atoms with E-state index in [-0.39, 0.29) is 5.69 Å². The molecule has 1 aromatic rings. The van der Waals surface area contributed by atoms with Gasteiger partial charge < -0.3 is 14.0 Å². The van der Waals surface area contributed by atoms with E-state index in [9.17, 15) is 27.6 Å². The summed E-state index contributed by atoms with van der Waals surface area (Å²) in [6.07, 6.45) is -4.00. The Kier molecular flexibility index (Phi) is 4.30. The van der Waals surface area contributed by atoms with Gasteiger partial charge in [0.2, 0.25) is 0 Å². The number of ether oxygens (including phenoxy) is 2. The summed E-state index contributed by atoms with van der Waals surface area (Å²) in [5.74, 6) is -4.83. The predicted octanol–water partition coefficient (Wildman–Crippen LogP) is 0.907. The van der Waals surface area contributed by atoms with Crippen LogP contribution in [0.1, 0.15) is 10.5 Å². The van der Waals surface area contributed by atoms with Crippen LogP contribution in [0.5, 0.6) is 0 Å². The van der Waals surface area contributed by atoms with Crippen LogP contribution in [0.25, 0.3) is 0 Å². The highest BCUT2D eigenvalue weighted by Gasteiger charge is 2.42. The number of methoxy groups -OCH3 is 1. The summed E-state index contributed by atoms with van der Waals surface area (Å²) in [4.78, 5) is 32.7. The van der Waals surface area contributed by atoms with E-state index in [2.05, 4.69) is 9.47 Å². The van der Waals surface area contributed by atoms with E-state index >= 15 is 0 Å². The molecule has 0 saturated heterocycles. The highest BCUT2D eigenvalue weighted by atomic mass is 19.4. The Bertz CT molecular complexity index is 506. The molecule has 0 atom stereocenters. The van der Waals surface area contributed by atoms with Gasteiger partial charge in [0, 0.05) is 6.20 Å². The number of hydrogen-bond donors (Lipinski definition) is 0. The van der Waals surface area contributed by atoms with Gasteiger partial charge in [-0.05, 0) is 12.1 Å². The minimum atomic E-state index is -5.25. The van der Waals surface area contributed by atoms with E-state index in [1.54, 1.807) is 0 Å². The molecule has 9 heteroatoms. The van der Waals surface area contributed by atoms with Gasteiger partial charge in [-0.3, -0.25) is 0 Å². The molecule has 19 heavy (non-hydrogen) atoms.